The summed E-state index contributed by atoms with van der Waals surface area (Å²) < 4.78 is 26.9. The van der Waals surface area contributed by atoms with Crippen LogP contribution < -0.4 is 24.3 Å². The third kappa shape index (κ3) is 6.64. The van der Waals surface area contributed by atoms with Crippen molar-refractivity contribution in [1.29, 1.82) is 0 Å². The smallest absolute Gasteiger partial charge is 0.341 e. The first-order valence-electron chi connectivity index (χ1n) is 12.8. The molecular weight excluding hydrogens is 560 g/mol. The lowest BCUT2D eigenvalue weighted by atomic mass is 9.99. The van der Waals surface area contributed by atoms with Gasteiger partial charge in [-0.15, -0.1) is 0 Å². The first kappa shape index (κ1) is 28.5. The van der Waals surface area contributed by atoms with Crippen LogP contribution in [0.1, 0.15) is 32.4 Å². The number of carbonyl (C=O) groups excluding carboxylic acids is 3. The minimum atomic E-state index is -1.25. The maximum absolute atomic E-state index is 13.6. The second kappa shape index (κ2) is 13.1. The van der Waals surface area contributed by atoms with Crippen molar-refractivity contribution in [1.82, 2.24) is 4.98 Å². The number of ether oxygens (including phenoxy) is 5. The Morgan fingerprint density at radius 2 is 1.60 bits per heavy atom. The summed E-state index contributed by atoms with van der Waals surface area (Å²) in [5.41, 5.74) is 1.47. The van der Waals surface area contributed by atoms with Crippen LogP contribution in [0.25, 0.3) is 0 Å². The van der Waals surface area contributed by atoms with Gasteiger partial charge in [-0.3, -0.25) is 9.59 Å². The zero-order valence-corrected chi connectivity index (χ0v) is 23.5. The van der Waals surface area contributed by atoms with E-state index in [0.29, 0.717) is 39.8 Å². The highest BCUT2D eigenvalue weighted by molar-refractivity contribution is 8.00. The summed E-state index contributed by atoms with van der Waals surface area (Å²) >= 11 is 1.07. The number of esters is 1. The van der Waals surface area contributed by atoms with Crippen molar-refractivity contribution in [2.24, 2.45) is 0 Å². The Labute approximate surface area is 245 Å². The number of methoxy groups -OCH3 is 2. The van der Waals surface area contributed by atoms with Gasteiger partial charge in [-0.1, -0.05) is 23.9 Å². The molecule has 0 unspecified atom stereocenters. The normalized spacial score (nSPS) is 12.2. The molecule has 4 aromatic rings. The van der Waals surface area contributed by atoms with Crippen molar-refractivity contribution >= 4 is 35.1 Å². The molecule has 0 saturated heterocycles. The van der Waals surface area contributed by atoms with Crippen LogP contribution in [0, 0.1) is 0 Å². The standard InChI is InChI=1S/C31H26N2O8S/c1-37-22-10-5-19(6-11-22)28(35)29(20-7-12-23(38-2)13-8-20)41-31(36)24-4-3-15-32-30(24)42-17-27(34)33-21-9-14-25-26(16-21)40-18-39-25/h3-16,29H,17-18H2,1-2H3,(H,33,34)/t29-/m0/s1. The zero-order valence-electron chi connectivity index (χ0n) is 22.7. The highest BCUT2D eigenvalue weighted by atomic mass is 32.2. The maximum Gasteiger partial charge on any atom is 0.341 e. The Bertz CT molecular complexity index is 1590. The van der Waals surface area contributed by atoms with Gasteiger partial charge in [-0.05, 0) is 60.7 Å². The lowest BCUT2D eigenvalue weighted by Crippen LogP contribution is -2.21. The van der Waals surface area contributed by atoms with Crippen molar-refractivity contribution in [3.8, 4) is 23.0 Å². The van der Waals surface area contributed by atoms with Crippen LogP contribution in [0.2, 0.25) is 0 Å². The minimum Gasteiger partial charge on any atom is -0.497 e. The second-order valence-electron chi connectivity index (χ2n) is 8.91. The monoisotopic (exact) mass is 586 g/mol. The van der Waals surface area contributed by atoms with Crippen LogP contribution in [0.5, 0.6) is 23.0 Å². The fourth-order valence-electron chi connectivity index (χ4n) is 4.10. The molecule has 1 amide bonds. The number of ketones is 1. The van der Waals surface area contributed by atoms with E-state index in [4.69, 9.17) is 23.7 Å². The van der Waals surface area contributed by atoms with E-state index in [9.17, 15) is 14.4 Å². The molecule has 11 heteroatoms. The van der Waals surface area contributed by atoms with Crippen LogP contribution in [0.3, 0.4) is 0 Å². The molecule has 214 valence electrons. The Morgan fingerprint density at radius 1 is 0.905 bits per heavy atom. The summed E-state index contributed by atoms with van der Waals surface area (Å²) in [4.78, 5) is 44.0. The summed E-state index contributed by atoms with van der Waals surface area (Å²) in [6.07, 6.45) is 0.266. The number of pyridine rings is 1. The van der Waals surface area contributed by atoms with Crippen LogP contribution in [-0.4, -0.2) is 49.4 Å². The van der Waals surface area contributed by atoms with E-state index >= 15 is 0 Å². The van der Waals surface area contributed by atoms with Crippen LogP contribution in [0.15, 0.2) is 90.1 Å². The summed E-state index contributed by atoms with van der Waals surface area (Å²) in [5.74, 6) is 0.813. The third-order valence-corrected chi connectivity index (χ3v) is 7.25. The highest BCUT2D eigenvalue weighted by Crippen LogP contribution is 2.34. The lowest BCUT2D eigenvalue weighted by Gasteiger charge is -2.19. The van der Waals surface area contributed by atoms with Crippen molar-refractivity contribution in [3.05, 3.63) is 102 Å². The van der Waals surface area contributed by atoms with E-state index in [-0.39, 0.29) is 29.0 Å². The van der Waals surface area contributed by atoms with Gasteiger partial charge in [0.05, 0.1) is 25.5 Å². The molecule has 0 aliphatic carbocycles. The van der Waals surface area contributed by atoms with Crippen molar-refractivity contribution in [3.63, 3.8) is 0 Å². The third-order valence-electron chi connectivity index (χ3n) is 6.24. The van der Waals surface area contributed by atoms with E-state index in [1.54, 1.807) is 72.8 Å². The first-order valence-corrected chi connectivity index (χ1v) is 13.7. The molecule has 0 fully saturated rings. The van der Waals surface area contributed by atoms with Gasteiger partial charge in [0.2, 0.25) is 18.5 Å². The second-order valence-corrected chi connectivity index (χ2v) is 9.88. The van der Waals surface area contributed by atoms with E-state index in [0.717, 1.165) is 11.8 Å². The number of anilines is 1. The number of Topliss-reactive ketones (excluding diaryl/α,β-unsaturated/α-hetero) is 1. The predicted molar refractivity (Wildman–Crippen MR) is 155 cm³/mol. The first-order chi connectivity index (χ1) is 20.4. The molecule has 1 aromatic heterocycles. The van der Waals surface area contributed by atoms with E-state index in [2.05, 4.69) is 10.3 Å². The molecule has 0 radical (unpaired) electrons. The molecule has 0 spiro atoms. The number of aromatic nitrogens is 1. The summed E-state index contributed by atoms with van der Waals surface area (Å²) in [7, 11) is 3.06. The van der Waals surface area contributed by atoms with Crippen molar-refractivity contribution < 1.29 is 38.1 Å². The maximum atomic E-state index is 13.6. The molecular formula is C31H26N2O8S. The molecule has 1 aliphatic heterocycles. The quantitative estimate of drug-likeness (QED) is 0.140. The Morgan fingerprint density at radius 3 is 2.31 bits per heavy atom. The van der Waals surface area contributed by atoms with Gasteiger partial charge < -0.3 is 29.0 Å². The number of nitrogens with zero attached hydrogens (tertiary/aromatic N) is 1. The van der Waals surface area contributed by atoms with Crippen molar-refractivity contribution in [2.45, 2.75) is 11.1 Å². The van der Waals surface area contributed by atoms with E-state index in [1.165, 1.54) is 26.5 Å². The average Bonchev–Trinajstić information content (AvgIpc) is 3.50. The number of carbonyl (C=O) groups is 3. The van der Waals surface area contributed by atoms with Crippen LogP contribution >= 0.6 is 11.8 Å². The average molecular weight is 587 g/mol. The molecule has 42 heavy (non-hydrogen) atoms. The molecule has 0 bridgehead atoms. The van der Waals surface area contributed by atoms with Gasteiger partial charge in [0.1, 0.15) is 16.5 Å². The number of benzene rings is 3. The Kier molecular flexibility index (Phi) is 8.88. The van der Waals surface area contributed by atoms with Crippen LogP contribution in [-0.2, 0) is 9.53 Å². The summed E-state index contributed by atoms with van der Waals surface area (Å²) in [6.45, 7) is 0.131. The Balaban J connectivity index is 1.31. The SMILES string of the molecule is COc1ccc(C(=O)[C@@H](OC(=O)c2cccnc2SCC(=O)Nc2ccc3c(c2)OCO3)c2ccc(OC)cc2)cc1. The molecule has 1 N–H and O–H groups in total. The van der Waals surface area contributed by atoms with E-state index < -0.39 is 17.9 Å². The number of fused-ring (bicyclic) bond motifs is 1. The largest absolute Gasteiger partial charge is 0.497 e. The lowest BCUT2D eigenvalue weighted by molar-refractivity contribution is -0.113. The predicted octanol–water partition coefficient (Wildman–Crippen LogP) is 5.34. The number of nitrogens with one attached hydrogen (secondary N) is 1. The van der Waals surface area contributed by atoms with E-state index in [1.807, 2.05) is 0 Å². The number of hydrogen-bond donors (Lipinski definition) is 1. The number of rotatable bonds is 11. The summed E-state index contributed by atoms with van der Waals surface area (Å²) in [6, 6.07) is 21.4. The van der Waals surface area contributed by atoms with Gasteiger partial charge in [-0.2, -0.15) is 0 Å². The molecule has 0 saturated carbocycles. The fraction of sp³-hybridized carbons (Fsp3) is 0.161. The van der Waals surface area contributed by atoms with Gasteiger partial charge in [0, 0.05) is 29.1 Å². The number of hydrogen-bond acceptors (Lipinski definition) is 10. The molecule has 1 atom stereocenters. The molecule has 2 heterocycles. The van der Waals surface area contributed by atoms with Gasteiger partial charge in [0.15, 0.2) is 17.6 Å². The highest BCUT2D eigenvalue weighted by Gasteiger charge is 2.28. The summed E-state index contributed by atoms with van der Waals surface area (Å²) in [5, 5.41) is 3.08. The molecule has 1 aliphatic rings. The van der Waals surface area contributed by atoms with Gasteiger partial charge in [-0.25, -0.2) is 9.78 Å². The van der Waals surface area contributed by atoms with Crippen molar-refractivity contribution in [2.75, 3.05) is 32.1 Å². The molecule has 10 nitrogen and oxygen atoms in total. The Hall–Kier alpha value is -5.03. The zero-order chi connectivity index (χ0) is 29.5. The van der Waals surface area contributed by atoms with Crippen LogP contribution in [0.4, 0.5) is 5.69 Å². The molecule has 5 rings (SSSR count). The number of thioether (sulfide) groups is 1. The van der Waals surface area contributed by atoms with Gasteiger partial charge >= 0.3 is 5.97 Å². The fourth-order valence-corrected chi connectivity index (χ4v) is 4.88. The van der Waals surface area contributed by atoms with Gasteiger partial charge in [0.25, 0.3) is 0 Å². The molecule has 3 aromatic carbocycles. The number of amides is 1. The minimum absolute atomic E-state index is 0.0293. The topological polar surface area (TPSA) is 122 Å².